The number of hydrogen-bond acceptors (Lipinski definition) is 4. The number of hydrogen-bond donors (Lipinski definition) is 2. The second-order valence-electron chi connectivity index (χ2n) is 5.13. The number of fused-ring (bicyclic) bond motifs is 1. The molecule has 1 aliphatic rings. The molecule has 1 aromatic heterocycles. The average molecular weight is 306 g/mol. The average Bonchev–Trinajstić information content (AvgIpc) is 2.93. The van der Waals surface area contributed by atoms with Crippen molar-refractivity contribution in [1.29, 1.82) is 0 Å². The first-order valence-corrected chi connectivity index (χ1v) is 8.28. The van der Waals surface area contributed by atoms with Gasteiger partial charge in [-0.1, -0.05) is 18.2 Å². The van der Waals surface area contributed by atoms with Gasteiger partial charge in [-0.2, -0.15) is 5.10 Å². The van der Waals surface area contributed by atoms with E-state index in [1.807, 2.05) is 31.3 Å². The lowest BCUT2D eigenvalue weighted by atomic mass is 9.98. The predicted molar refractivity (Wildman–Crippen MR) is 80.7 cm³/mol. The Bertz CT molecular complexity index is 754. The summed E-state index contributed by atoms with van der Waals surface area (Å²) in [6.07, 6.45) is 2.11. The topological polar surface area (TPSA) is 78.1 Å². The quantitative estimate of drug-likeness (QED) is 0.902. The minimum Gasteiger partial charge on any atom is -0.313 e. The third kappa shape index (κ3) is 2.22. The summed E-state index contributed by atoms with van der Waals surface area (Å²) >= 11 is 0. The molecule has 0 radical (unpaired) electrons. The van der Waals surface area contributed by atoms with Crippen molar-refractivity contribution in [3.8, 4) is 0 Å². The minimum atomic E-state index is -3.58. The van der Waals surface area contributed by atoms with Crippen molar-refractivity contribution >= 4 is 15.7 Å². The number of nitrogens with zero attached hydrogens (tertiary/aromatic N) is 2. The van der Waals surface area contributed by atoms with Crippen LogP contribution in [0.5, 0.6) is 0 Å². The summed E-state index contributed by atoms with van der Waals surface area (Å²) in [6.45, 7) is 2.17. The largest absolute Gasteiger partial charge is 0.313 e. The van der Waals surface area contributed by atoms with E-state index in [4.69, 9.17) is 0 Å². The monoisotopic (exact) mass is 306 g/mol. The molecule has 0 fully saturated rings. The molecule has 2 aromatic rings. The number of anilines is 1. The fourth-order valence-corrected chi connectivity index (χ4v) is 4.43. The molecule has 0 saturated carbocycles. The van der Waals surface area contributed by atoms with Crippen LogP contribution in [-0.4, -0.2) is 32.2 Å². The number of aromatic nitrogens is 2. The van der Waals surface area contributed by atoms with Crippen LogP contribution >= 0.6 is 0 Å². The van der Waals surface area contributed by atoms with Crippen molar-refractivity contribution in [3.05, 3.63) is 41.7 Å². The number of sulfonamides is 1. The van der Waals surface area contributed by atoms with E-state index in [0.29, 0.717) is 12.2 Å². The highest BCUT2D eigenvalue weighted by molar-refractivity contribution is 7.92. The van der Waals surface area contributed by atoms with Gasteiger partial charge in [0.2, 0.25) is 0 Å². The van der Waals surface area contributed by atoms with E-state index in [0.717, 1.165) is 17.7 Å². The van der Waals surface area contributed by atoms with Crippen LogP contribution in [0.15, 0.2) is 35.4 Å². The molecule has 0 amide bonds. The summed E-state index contributed by atoms with van der Waals surface area (Å²) in [5, 5.41) is 9.75. The summed E-state index contributed by atoms with van der Waals surface area (Å²) < 4.78 is 27.2. The molecule has 0 saturated heterocycles. The molecule has 2 N–H and O–H groups in total. The predicted octanol–water partition coefficient (Wildman–Crippen LogP) is 1.58. The number of aryl methyl sites for hydroxylation is 1. The number of nitrogens with one attached hydrogen (secondary N) is 2. The van der Waals surface area contributed by atoms with Crippen LogP contribution in [-0.2, 0) is 10.0 Å². The van der Waals surface area contributed by atoms with Gasteiger partial charge < -0.3 is 5.32 Å². The minimum absolute atomic E-state index is 0.179. The Balaban J connectivity index is 2.11. The lowest BCUT2D eigenvalue weighted by molar-refractivity contribution is 0.528. The van der Waals surface area contributed by atoms with Gasteiger partial charge in [0, 0.05) is 12.6 Å². The summed E-state index contributed by atoms with van der Waals surface area (Å²) in [4.78, 5) is 0.236. The maximum atomic E-state index is 12.9. The van der Waals surface area contributed by atoms with Crippen LogP contribution in [0.4, 0.5) is 5.69 Å². The summed E-state index contributed by atoms with van der Waals surface area (Å²) in [6, 6.07) is 7.80. The fourth-order valence-electron chi connectivity index (χ4n) is 2.80. The maximum Gasteiger partial charge on any atom is 0.267 e. The van der Waals surface area contributed by atoms with Crippen LogP contribution in [0.2, 0.25) is 0 Å². The van der Waals surface area contributed by atoms with Gasteiger partial charge in [-0.25, -0.2) is 8.42 Å². The van der Waals surface area contributed by atoms with Gasteiger partial charge in [-0.15, -0.1) is 0 Å². The van der Waals surface area contributed by atoms with Crippen LogP contribution < -0.4 is 9.62 Å². The molecule has 21 heavy (non-hydrogen) atoms. The van der Waals surface area contributed by atoms with Crippen LogP contribution in [0.25, 0.3) is 0 Å². The third-order valence-corrected chi connectivity index (χ3v) is 5.83. The fraction of sp³-hybridized carbons (Fsp3) is 0.357. The van der Waals surface area contributed by atoms with Gasteiger partial charge in [0.1, 0.15) is 4.90 Å². The number of benzene rings is 1. The van der Waals surface area contributed by atoms with E-state index in [1.54, 1.807) is 6.92 Å². The molecule has 1 unspecified atom stereocenters. The highest BCUT2D eigenvalue weighted by atomic mass is 32.2. The van der Waals surface area contributed by atoms with E-state index < -0.39 is 10.0 Å². The van der Waals surface area contributed by atoms with E-state index in [1.165, 1.54) is 10.5 Å². The highest BCUT2D eigenvalue weighted by Crippen LogP contribution is 2.36. The van der Waals surface area contributed by atoms with Crippen molar-refractivity contribution in [2.75, 3.05) is 17.9 Å². The van der Waals surface area contributed by atoms with Crippen molar-refractivity contribution < 1.29 is 8.42 Å². The molecule has 2 heterocycles. The Kier molecular flexibility index (Phi) is 3.46. The van der Waals surface area contributed by atoms with Crippen molar-refractivity contribution in [1.82, 2.24) is 15.5 Å². The zero-order valence-electron chi connectivity index (χ0n) is 12.0. The van der Waals surface area contributed by atoms with Gasteiger partial charge in [0.15, 0.2) is 0 Å². The maximum absolute atomic E-state index is 12.9. The van der Waals surface area contributed by atoms with Crippen LogP contribution in [0.1, 0.15) is 23.7 Å². The molecule has 7 heteroatoms. The molecular weight excluding hydrogens is 288 g/mol. The Morgan fingerprint density at radius 2 is 2.14 bits per heavy atom. The van der Waals surface area contributed by atoms with Crippen molar-refractivity contribution in [2.45, 2.75) is 24.3 Å². The molecule has 1 aliphatic heterocycles. The van der Waals surface area contributed by atoms with Crippen LogP contribution in [0, 0.1) is 6.92 Å². The highest BCUT2D eigenvalue weighted by Gasteiger charge is 2.33. The number of para-hydroxylation sites is 1. The van der Waals surface area contributed by atoms with Crippen LogP contribution in [0.3, 0.4) is 0 Å². The second-order valence-corrected chi connectivity index (χ2v) is 6.96. The number of aromatic amines is 1. The Labute approximate surface area is 124 Å². The number of H-pyrrole nitrogens is 1. The lowest BCUT2D eigenvalue weighted by Gasteiger charge is -2.34. The van der Waals surface area contributed by atoms with Gasteiger partial charge in [-0.05, 0) is 32.0 Å². The second kappa shape index (κ2) is 5.16. The molecule has 0 aliphatic carbocycles. The molecule has 0 bridgehead atoms. The zero-order chi connectivity index (χ0) is 15.0. The van der Waals surface area contributed by atoms with Gasteiger partial charge in [0.05, 0.1) is 17.6 Å². The zero-order valence-corrected chi connectivity index (χ0v) is 12.8. The normalized spacial score (nSPS) is 18.6. The van der Waals surface area contributed by atoms with E-state index in [-0.39, 0.29) is 10.9 Å². The molecular formula is C14H18N4O2S. The molecule has 112 valence electrons. The first kappa shape index (κ1) is 14.1. The van der Waals surface area contributed by atoms with Crippen molar-refractivity contribution in [3.63, 3.8) is 0 Å². The Morgan fingerprint density at radius 1 is 1.38 bits per heavy atom. The smallest absolute Gasteiger partial charge is 0.267 e. The SMILES string of the molecule is CNC1CCN(S(=O)(=O)c2cn[nH]c2C)c2ccccc21. The van der Waals surface area contributed by atoms with E-state index in [2.05, 4.69) is 15.5 Å². The molecule has 0 spiro atoms. The number of rotatable bonds is 3. The lowest BCUT2D eigenvalue weighted by Crippen LogP contribution is -2.39. The first-order chi connectivity index (χ1) is 10.1. The Morgan fingerprint density at radius 3 is 2.81 bits per heavy atom. The first-order valence-electron chi connectivity index (χ1n) is 6.84. The molecule has 6 nitrogen and oxygen atoms in total. The summed E-state index contributed by atoms with van der Waals surface area (Å²) in [7, 11) is -1.69. The molecule has 1 atom stereocenters. The Hall–Kier alpha value is -1.86. The molecule has 1 aromatic carbocycles. The third-order valence-electron chi connectivity index (χ3n) is 3.90. The van der Waals surface area contributed by atoms with Gasteiger partial charge in [-0.3, -0.25) is 9.40 Å². The van der Waals surface area contributed by atoms with E-state index in [9.17, 15) is 8.42 Å². The summed E-state index contributed by atoms with van der Waals surface area (Å²) in [5.74, 6) is 0. The van der Waals surface area contributed by atoms with E-state index >= 15 is 0 Å². The van der Waals surface area contributed by atoms with Gasteiger partial charge >= 0.3 is 0 Å². The van der Waals surface area contributed by atoms with Crippen molar-refractivity contribution in [2.24, 2.45) is 0 Å². The molecule has 3 rings (SSSR count). The standard InChI is InChI=1S/C14H18N4O2S/c1-10-14(9-16-17-10)21(19,20)18-8-7-12(15-2)11-5-3-4-6-13(11)18/h3-6,9,12,15H,7-8H2,1-2H3,(H,16,17). The van der Waals surface area contributed by atoms with Gasteiger partial charge in [0.25, 0.3) is 10.0 Å². The summed E-state index contributed by atoms with van der Waals surface area (Å²) in [5.41, 5.74) is 2.31.